The van der Waals surface area contributed by atoms with E-state index in [0.29, 0.717) is 61.1 Å². The summed E-state index contributed by atoms with van der Waals surface area (Å²) in [5.74, 6) is -0.228. The van der Waals surface area contributed by atoms with Crippen LogP contribution in [-0.4, -0.2) is 107 Å². The molecule has 1 unspecified atom stereocenters. The summed E-state index contributed by atoms with van der Waals surface area (Å²) >= 11 is 0. The number of carbonyl (C=O) groups excluding carboxylic acids is 1. The Hall–Kier alpha value is -4.17. The van der Waals surface area contributed by atoms with Gasteiger partial charge in [-0.3, -0.25) is 15.0 Å². The monoisotopic (exact) mass is 635 g/mol. The number of H-pyrrole nitrogens is 1. The molecule has 9 rings (SSSR count). The second kappa shape index (κ2) is 11.6. The van der Waals surface area contributed by atoms with Gasteiger partial charge in [0.2, 0.25) is 0 Å². The molecule has 5 aliphatic heterocycles. The largest absolute Gasteiger partial charge is 0.508 e. The molecule has 5 aliphatic rings. The number of nitrogens with one attached hydrogen (secondary N) is 1. The van der Waals surface area contributed by atoms with Crippen molar-refractivity contribution in [2.45, 2.75) is 56.8 Å². The van der Waals surface area contributed by atoms with E-state index in [-0.39, 0.29) is 43.6 Å². The van der Waals surface area contributed by atoms with Crippen LogP contribution in [0.1, 0.15) is 36.8 Å². The van der Waals surface area contributed by atoms with Gasteiger partial charge in [-0.2, -0.15) is 15.1 Å². The first kappa shape index (κ1) is 29.2. The fraction of sp³-hybridized carbons (Fsp3) is 0.531. The van der Waals surface area contributed by atoms with E-state index in [2.05, 4.69) is 25.1 Å². The highest BCUT2D eigenvalue weighted by molar-refractivity contribution is 5.99. The lowest BCUT2D eigenvalue weighted by atomic mass is 9.92. The molecule has 0 spiro atoms. The van der Waals surface area contributed by atoms with Crippen LogP contribution in [0.25, 0.3) is 33.1 Å². The zero-order valence-corrected chi connectivity index (χ0v) is 25.6. The number of anilines is 1. The highest BCUT2D eigenvalue weighted by Gasteiger charge is 2.49. The van der Waals surface area contributed by atoms with Crippen LogP contribution in [0.2, 0.25) is 0 Å². The van der Waals surface area contributed by atoms with Gasteiger partial charge in [-0.1, -0.05) is 0 Å². The van der Waals surface area contributed by atoms with Gasteiger partial charge in [0, 0.05) is 36.7 Å². The summed E-state index contributed by atoms with van der Waals surface area (Å²) < 4.78 is 54.6. The molecule has 242 valence electrons. The van der Waals surface area contributed by atoms with Crippen molar-refractivity contribution in [3.8, 4) is 17.3 Å². The van der Waals surface area contributed by atoms with Crippen molar-refractivity contribution >= 4 is 33.8 Å². The van der Waals surface area contributed by atoms with E-state index >= 15 is 4.39 Å². The predicted octanol–water partition coefficient (Wildman–Crippen LogP) is 4.28. The molecule has 3 aromatic heterocycles. The van der Waals surface area contributed by atoms with Crippen molar-refractivity contribution in [3.05, 3.63) is 35.4 Å². The van der Waals surface area contributed by atoms with Crippen LogP contribution < -0.4 is 9.64 Å². The summed E-state index contributed by atoms with van der Waals surface area (Å²) in [6.07, 6.45) is 4.03. The average Bonchev–Trinajstić information content (AvgIpc) is 3.68. The number of carbonyl (C=O) groups is 1. The van der Waals surface area contributed by atoms with Crippen molar-refractivity contribution < 1.29 is 32.5 Å². The minimum absolute atomic E-state index is 0.0110. The van der Waals surface area contributed by atoms with Crippen LogP contribution in [0, 0.1) is 12.7 Å². The van der Waals surface area contributed by atoms with Crippen LogP contribution >= 0.6 is 0 Å². The van der Waals surface area contributed by atoms with Gasteiger partial charge in [-0.15, -0.1) is 0 Å². The van der Waals surface area contributed by atoms with Gasteiger partial charge in [0.25, 0.3) is 0 Å². The van der Waals surface area contributed by atoms with Gasteiger partial charge < -0.3 is 23.8 Å². The first-order valence-corrected chi connectivity index (χ1v) is 15.9. The van der Waals surface area contributed by atoms with Gasteiger partial charge in [-0.05, 0) is 56.3 Å². The summed E-state index contributed by atoms with van der Waals surface area (Å²) in [5, 5.41) is 8.31. The van der Waals surface area contributed by atoms with Crippen LogP contribution in [0.3, 0.4) is 0 Å². The molecule has 3 atom stereocenters. The van der Waals surface area contributed by atoms with Gasteiger partial charge in [0.1, 0.15) is 35.9 Å². The maximum atomic E-state index is 17.0. The Balaban J connectivity index is 1.30. The number of nitrogens with zero attached hydrogens (tertiary/aromatic N) is 6. The third-order valence-corrected chi connectivity index (χ3v) is 9.77. The van der Waals surface area contributed by atoms with Gasteiger partial charge in [0.15, 0.2) is 5.82 Å². The minimum atomic E-state index is -0.918. The highest BCUT2D eigenvalue weighted by atomic mass is 19.1. The van der Waals surface area contributed by atoms with Crippen LogP contribution in [0.15, 0.2) is 18.5 Å². The first-order chi connectivity index (χ1) is 22.4. The molecular formula is C32H35F2N7O5. The molecule has 14 heteroatoms. The molecule has 12 nitrogen and oxygen atoms in total. The first-order valence-electron chi connectivity index (χ1n) is 15.9. The Morgan fingerprint density at radius 2 is 2.07 bits per heavy atom. The van der Waals surface area contributed by atoms with Gasteiger partial charge >= 0.3 is 12.2 Å². The molecule has 0 saturated carbocycles. The predicted molar refractivity (Wildman–Crippen MR) is 163 cm³/mol. The lowest BCUT2D eigenvalue weighted by Gasteiger charge is -2.31. The molecule has 3 fully saturated rings. The zero-order chi connectivity index (χ0) is 31.4. The number of ether oxygens (including phenoxy) is 4. The maximum Gasteiger partial charge on any atom is 0.508 e. The number of benzene rings is 1. The van der Waals surface area contributed by atoms with Gasteiger partial charge in [0.05, 0.1) is 49.0 Å². The topological polar surface area (TPSA) is 128 Å². The molecule has 6 bridgehead atoms. The maximum absolute atomic E-state index is 17.0. The Bertz CT molecular complexity index is 1820. The number of hydrogen-bond donors (Lipinski definition) is 1. The fourth-order valence-electron chi connectivity index (χ4n) is 7.63. The molecular weight excluding hydrogens is 600 g/mol. The van der Waals surface area contributed by atoms with Crippen LogP contribution in [0.4, 0.5) is 19.4 Å². The van der Waals surface area contributed by atoms with E-state index in [1.807, 2.05) is 17.9 Å². The Morgan fingerprint density at radius 3 is 2.98 bits per heavy atom. The average molecular weight is 636 g/mol. The van der Waals surface area contributed by atoms with Crippen molar-refractivity contribution in [3.63, 3.8) is 0 Å². The van der Waals surface area contributed by atoms with E-state index in [1.165, 1.54) is 0 Å². The summed E-state index contributed by atoms with van der Waals surface area (Å²) in [4.78, 5) is 30.8. The zero-order valence-electron chi connectivity index (χ0n) is 25.6. The lowest BCUT2D eigenvalue weighted by molar-refractivity contribution is -0.00448. The summed E-state index contributed by atoms with van der Waals surface area (Å²) in [6.45, 7) is 4.58. The number of aromatic amines is 1. The van der Waals surface area contributed by atoms with Gasteiger partial charge in [-0.25, -0.2) is 13.6 Å². The number of pyridine rings is 1. The van der Waals surface area contributed by atoms with Crippen molar-refractivity contribution in [1.82, 2.24) is 30.0 Å². The quantitative estimate of drug-likeness (QED) is 0.324. The van der Waals surface area contributed by atoms with Crippen molar-refractivity contribution in [2.75, 3.05) is 57.5 Å². The lowest BCUT2D eigenvalue weighted by Crippen LogP contribution is -2.43. The third-order valence-electron chi connectivity index (χ3n) is 9.77. The molecule has 4 aromatic rings. The van der Waals surface area contributed by atoms with Crippen molar-refractivity contribution in [1.29, 1.82) is 0 Å². The summed E-state index contributed by atoms with van der Waals surface area (Å²) in [6, 6.07) is 1.96. The van der Waals surface area contributed by atoms with E-state index in [0.717, 1.165) is 36.0 Å². The number of aryl methyl sites for hydroxylation is 1. The SMILES string of the molecule is Cc1cc2[nH]ncc2c2c1CCCOC(=O)OC1COCCN(C1)c1nc(OC[C@@]34CCCN3C[C@H](F)C4)nc3c(F)c-2ncc13. The Kier molecular flexibility index (Phi) is 7.35. The minimum Gasteiger partial charge on any atom is -0.461 e. The number of hydrogen-bond acceptors (Lipinski definition) is 11. The highest BCUT2D eigenvalue weighted by Crippen LogP contribution is 2.41. The van der Waals surface area contributed by atoms with E-state index in [9.17, 15) is 9.18 Å². The van der Waals surface area contributed by atoms with Crippen LogP contribution in [-0.2, 0) is 20.6 Å². The molecule has 1 aromatic carbocycles. The normalized spacial score (nSPS) is 25.5. The van der Waals surface area contributed by atoms with Crippen molar-refractivity contribution in [2.24, 2.45) is 0 Å². The molecule has 3 saturated heterocycles. The van der Waals surface area contributed by atoms with E-state index in [4.69, 9.17) is 23.9 Å². The number of fused-ring (bicyclic) bond motifs is 8. The molecule has 46 heavy (non-hydrogen) atoms. The Labute approximate surface area is 263 Å². The summed E-state index contributed by atoms with van der Waals surface area (Å²) in [7, 11) is 0. The molecule has 0 radical (unpaired) electrons. The second-order valence-electron chi connectivity index (χ2n) is 12.7. The smallest absolute Gasteiger partial charge is 0.461 e. The standard InChI is InChI=1S/C32H35F2N7O5/c1-18-10-24-22(13-36-39-24)25-21(18)4-2-8-44-31(42)46-20-15-40(7-9-43-16-20)29-23-12-35-28(25)26(34)27(23)37-30(38-29)45-17-32-5-3-6-41(32)14-19(33)11-32/h10,12-13,19-20H,2-9,11,14-17H2,1H3,(H,36,39)/t19-,20?,32+/m1/s1. The van der Waals surface area contributed by atoms with E-state index < -0.39 is 29.8 Å². The number of halogens is 2. The second-order valence-corrected chi connectivity index (χ2v) is 12.7. The van der Waals surface area contributed by atoms with Crippen LogP contribution in [0.5, 0.6) is 6.01 Å². The van der Waals surface area contributed by atoms with E-state index in [1.54, 1.807) is 12.4 Å². The third kappa shape index (κ3) is 5.07. The molecule has 0 amide bonds. The molecule has 8 heterocycles. The summed E-state index contributed by atoms with van der Waals surface area (Å²) in [5.41, 5.74) is 2.88. The number of rotatable bonds is 3. The fourth-order valence-corrected chi connectivity index (χ4v) is 7.63. The molecule has 1 N–H and O–H groups in total. The number of aromatic nitrogens is 5. The Morgan fingerprint density at radius 1 is 1.15 bits per heavy atom. The molecule has 0 aliphatic carbocycles. The number of alkyl halides is 1.